The Kier molecular flexibility index (Phi) is 2.70. The molecule has 0 unspecified atom stereocenters. The molecular formula is C17H15N7. The lowest BCUT2D eigenvalue weighted by Crippen LogP contribution is -2.09. The molecule has 1 saturated carbocycles. The average molecular weight is 317 g/mol. The minimum atomic E-state index is 0.359. The number of imidazole rings is 1. The van der Waals surface area contributed by atoms with Gasteiger partial charge in [-0.1, -0.05) is 18.2 Å². The first-order valence-electron chi connectivity index (χ1n) is 7.92. The summed E-state index contributed by atoms with van der Waals surface area (Å²) in [5.41, 5.74) is 8.86. The molecule has 0 aliphatic heterocycles. The van der Waals surface area contributed by atoms with Crippen LogP contribution in [0, 0.1) is 0 Å². The second kappa shape index (κ2) is 4.89. The second-order valence-electron chi connectivity index (χ2n) is 5.96. The molecule has 0 radical (unpaired) electrons. The Morgan fingerprint density at radius 1 is 1.04 bits per heavy atom. The van der Waals surface area contributed by atoms with E-state index in [1.165, 1.54) is 0 Å². The van der Waals surface area contributed by atoms with Gasteiger partial charge in [0.1, 0.15) is 5.52 Å². The predicted octanol–water partition coefficient (Wildman–Crippen LogP) is 2.46. The smallest absolute Gasteiger partial charge is 0.239 e. The molecule has 1 fully saturated rings. The summed E-state index contributed by atoms with van der Waals surface area (Å²) in [5.74, 6) is 2.22. The van der Waals surface area contributed by atoms with Crippen LogP contribution in [0.1, 0.15) is 24.6 Å². The fourth-order valence-electron chi connectivity index (χ4n) is 2.90. The molecule has 24 heavy (non-hydrogen) atoms. The molecule has 7 nitrogen and oxygen atoms in total. The van der Waals surface area contributed by atoms with Gasteiger partial charge in [0.25, 0.3) is 0 Å². The fraction of sp³-hybridized carbons (Fsp3) is 0.176. The lowest BCUT2D eigenvalue weighted by molar-refractivity contribution is 0.779. The quantitative estimate of drug-likeness (QED) is 0.627. The molecule has 0 amide bonds. The SMILES string of the molecule is Nc1nc(C2CC2)nn1-c1nc2cnccc2n1-c1ccccc1. The number of fused-ring (bicyclic) bond motifs is 1. The van der Waals surface area contributed by atoms with Gasteiger partial charge in [-0.05, 0) is 31.0 Å². The Bertz CT molecular complexity index is 1030. The van der Waals surface area contributed by atoms with Gasteiger partial charge < -0.3 is 5.73 Å². The van der Waals surface area contributed by atoms with Crippen LogP contribution < -0.4 is 5.73 Å². The average Bonchev–Trinajstić information content (AvgIpc) is 3.29. The summed E-state index contributed by atoms with van der Waals surface area (Å²) >= 11 is 0. The van der Waals surface area contributed by atoms with Crippen LogP contribution in [0.4, 0.5) is 5.95 Å². The number of anilines is 1. The largest absolute Gasteiger partial charge is 0.368 e. The summed E-state index contributed by atoms with van der Waals surface area (Å²) < 4.78 is 3.65. The van der Waals surface area contributed by atoms with E-state index in [0.29, 0.717) is 17.8 Å². The summed E-state index contributed by atoms with van der Waals surface area (Å²) in [6.07, 6.45) is 5.76. The normalized spacial score (nSPS) is 14.3. The van der Waals surface area contributed by atoms with Crippen LogP contribution in [-0.4, -0.2) is 29.3 Å². The van der Waals surface area contributed by atoms with E-state index in [1.807, 2.05) is 41.0 Å². The first kappa shape index (κ1) is 13.2. The molecule has 0 atom stereocenters. The van der Waals surface area contributed by atoms with Gasteiger partial charge in [-0.3, -0.25) is 9.55 Å². The van der Waals surface area contributed by atoms with Crippen molar-refractivity contribution in [3.8, 4) is 11.6 Å². The number of benzene rings is 1. The van der Waals surface area contributed by atoms with Crippen LogP contribution in [0.15, 0.2) is 48.8 Å². The number of nitrogens with two attached hydrogens (primary N) is 1. The summed E-state index contributed by atoms with van der Waals surface area (Å²) in [6, 6.07) is 12.0. The first-order chi connectivity index (χ1) is 11.8. The minimum Gasteiger partial charge on any atom is -0.368 e. The molecule has 1 aliphatic rings. The highest BCUT2D eigenvalue weighted by atomic mass is 15.5. The molecule has 0 spiro atoms. The fourth-order valence-corrected chi connectivity index (χ4v) is 2.90. The number of para-hydroxylation sites is 1. The number of rotatable bonds is 3. The predicted molar refractivity (Wildman–Crippen MR) is 90.2 cm³/mol. The van der Waals surface area contributed by atoms with Gasteiger partial charge in [0, 0.05) is 17.8 Å². The van der Waals surface area contributed by atoms with Crippen molar-refractivity contribution in [2.24, 2.45) is 0 Å². The van der Waals surface area contributed by atoms with Gasteiger partial charge in [0.15, 0.2) is 5.82 Å². The lowest BCUT2D eigenvalue weighted by atomic mass is 10.3. The molecule has 118 valence electrons. The highest BCUT2D eigenvalue weighted by Gasteiger charge is 2.29. The molecular weight excluding hydrogens is 302 g/mol. The third kappa shape index (κ3) is 1.98. The van der Waals surface area contributed by atoms with E-state index in [-0.39, 0.29) is 0 Å². The number of nitrogen functional groups attached to an aromatic ring is 1. The zero-order chi connectivity index (χ0) is 16.1. The third-order valence-electron chi connectivity index (χ3n) is 4.23. The third-order valence-corrected chi connectivity index (χ3v) is 4.23. The molecule has 7 heteroatoms. The Morgan fingerprint density at radius 2 is 1.88 bits per heavy atom. The Hall–Kier alpha value is -3.22. The zero-order valence-electron chi connectivity index (χ0n) is 12.9. The maximum absolute atomic E-state index is 6.13. The summed E-state index contributed by atoms with van der Waals surface area (Å²) in [5, 5.41) is 4.60. The lowest BCUT2D eigenvalue weighted by Gasteiger charge is -2.09. The van der Waals surface area contributed by atoms with E-state index in [9.17, 15) is 0 Å². The van der Waals surface area contributed by atoms with Crippen molar-refractivity contribution in [2.45, 2.75) is 18.8 Å². The molecule has 1 aromatic carbocycles. The zero-order valence-corrected chi connectivity index (χ0v) is 12.9. The van der Waals surface area contributed by atoms with Crippen LogP contribution >= 0.6 is 0 Å². The first-order valence-corrected chi connectivity index (χ1v) is 7.92. The van der Waals surface area contributed by atoms with Crippen molar-refractivity contribution in [1.29, 1.82) is 0 Å². The van der Waals surface area contributed by atoms with Gasteiger partial charge in [0.05, 0.1) is 11.7 Å². The van der Waals surface area contributed by atoms with Crippen molar-refractivity contribution in [3.63, 3.8) is 0 Å². The van der Waals surface area contributed by atoms with Gasteiger partial charge >= 0.3 is 0 Å². The maximum Gasteiger partial charge on any atom is 0.239 e. The van der Waals surface area contributed by atoms with Crippen molar-refractivity contribution in [1.82, 2.24) is 29.3 Å². The van der Waals surface area contributed by atoms with Crippen LogP contribution in [0.2, 0.25) is 0 Å². The molecule has 5 rings (SSSR count). The number of nitrogens with zero attached hydrogens (tertiary/aromatic N) is 6. The monoisotopic (exact) mass is 317 g/mol. The van der Waals surface area contributed by atoms with E-state index in [0.717, 1.165) is 35.4 Å². The van der Waals surface area contributed by atoms with Crippen molar-refractivity contribution in [3.05, 3.63) is 54.6 Å². The van der Waals surface area contributed by atoms with Crippen molar-refractivity contribution < 1.29 is 0 Å². The number of hydrogen-bond acceptors (Lipinski definition) is 5. The minimum absolute atomic E-state index is 0.359. The van der Waals surface area contributed by atoms with E-state index in [4.69, 9.17) is 10.7 Å². The maximum atomic E-state index is 6.13. The molecule has 0 bridgehead atoms. The van der Waals surface area contributed by atoms with E-state index >= 15 is 0 Å². The van der Waals surface area contributed by atoms with Crippen LogP contribution in [-0.2, 0) is 0 Å². The highest BCUT2D eigenvalue weighted by Crippen LogP contribution is 2.38. The standard InChI is InChI=1S/C17H15N7/c18-16-21-15(11-6-7-11)22-24(16)17-20-13-10-19-9-8-14(13)23(17)12-4-2-1-3-5-12/h1-5,8-11H,6-7H2,(H2,18,21,22). The van der Waals surface area contributed by atoms with Crippen molar-refractivity contribution in [2.75, 3.05) is 5.73 Å². The summed E-state index contributed by atoms with van der Waals surface area (Å²) in [7, 11) is 0. The van der Waals surface area contributed by atoms with E-state index in [2.05, 4.69) is 15.1 Å². The number of pyridine rings is 1. The van der Waals surface area contributed by atoms with Crippen LogP contribution in [0.5, 0.6) is 0 Å². The molecule has 3 heterocycles. The molecule has 1 aliphatic carbocycles. The van der Waals surface area contributed by atoms with Gasteiger partial charge in [-0.25, -0.2) is 4.98 Å². The van der Waals surface area contributed by atoms with Gasteiger partial charge in [-0.15, -0.1) is 5.10 Å². The number of hydrogen-bond donors (Lipinski definition) is 1. The van der Waals surface area contributed by atoms with Gasteiger partial charge in [0.2, 0.25) is 11.9 Å². The van der Waals surface area contributed by atoms with E-state index < -0.39 is 0 Å². The molecule has 3 aromatic heterocycles. The Morgan fingerprint density at radius 3 is 2.67 bits per heavy atom. The van der Waals surface area contributed by atoms with Crippen molar-refractivity contribution >= 4 is 17.0 Å². The molecule has 0 saturated heterocycles. The van der Waals surface area contributed by atoms with Gasteiger partial charge in [-0.2, -0.15) is 9.67 Å². The van der Waals surface area contributed by atoms with Crippen LogP contribution in [0.25, 0.3) is 22.7 Å². The number of aromatic nitrogens is 6. The topological polar surface area (TPSA) is 87.4 Å². The highest BCUT2D eigenvalue weighted by molar-refractivity contribution is 5.78. The summed E-state index contributed by atoms with van der Waals surface area (Å²) in [6.45, 7) is 0. The molecule has 4 aromatic rings. The Labute approximate surface area is 137 Å². The second-order valence-corrected chi connectivity index (χ2v) is 5.96. The molecule has 2 N–H and O–H groups in total. The Balaban J connectivity index is 1.79. The van der Waals surface area contributed by atoms with E-state index in [1.54, 1.807) is 17.1 Å². The van der Waals surface area contributed by atoms with Crippen LogP contribution in [0.3, 0.4) is 0 Å². The summed E-state index contributed by atoms with van der Waals surface area (Å²) in [4.78, 5) is 13.3.